The second-order valence-electron chi connectivity index (χ2n) is 3.56. The first-order valence-corrected chi connectivity index (χ1v) is 5.01. The molecule has 1 atom stereocenters. The third-order valence-corrected chi connectivity index (χ3v) is 2.35. The predicted octanol–water partition coefficient (Wildman–Crippen LogP) is -0.469. The molecule has 16 heavy (non-hydrogen) atoms. The molecule has 0 bridgehead atoms. The molecule has 1 unspecified atom stereocenters. The molecule has 1 saturated heterocycles. The summed E-state index contributed by atoms with van der Waals surface area (Å²) in [5, 5.41) is 5.68. The van der Waals surface area contributed by atoms with Crippen LogP contribution in [0.25, 0.3) is 0 Å². The number of likely N-dealkylation sites (N-methyl/N-ethyl adjacent to an activating group) is 1. The van der Waals surface area contributed by atoms with Crippen molar-refractivity contribution in [3.8, 4) is 0 Å². The predicted molar refractivity (Wildman–Crippen MR) is 64.5 cm³/mol. The Bertz CT molecular complexity index is 271. The lowest BCUT2D eigenvalue weighted by atomic mass is 10.1. The lowest BCUT2D eigenvalue weighted by Gasteiger charge is -2.29. The van der Waals surface area contributed by atoms with Crippen molar-refractivity contribution in [3.05, 3.63) is 12.7 Å². The van der Waals surface area contributed by atoms with Crippen molar-refractivity contribution in [2.45, 2.75) is 12.5 Å². The van der Waals surface area contributed by atoms with Crippen LogP contribution < -0.4 is 10.6 Å². The van der Waals surface area contributed by atoms with E-state index in [1.54, 1.807) is 18.0 Å². The number of nitrogens with one attached hydrogen (secondary N) is 2. The molecule has 0 aromatic carbocycles. The molecule has 0 aromatic rings. The summed E-state index contributed by atoms with van der Waals surface area (Å²) in [6.07, 6.45) is 1.80. The lowest BCUT2D eigenvalue weighted by Crippen LogP contribution is -2.54. The molecule has 1 rings (SSSR count). The topological polar surface area (TPSA) is 61.4 Å². The maximum atomic E-state index is 11.6. The highest BCUT2D eigenvalue weighted by molar-refractivity contribution is 5.88. The number of halogens is 1. The fourth-order valence-corrected chi connectivity index (χ4v) is 1.47. The Morgan fingerprint density at radius 3 is 3.06 bits per heavy atom. The van der Waals surface area contributed by atoms with E-state index < -0.39 is 0 Å². The van der Waals surface area contributed by atoms with Crippen LogP contribution in [0.4, 0.5) is 0 Å². The van der Waals surface area contributed by atoms with Crippen LogP contribution in [0.5, 0.6) is 0 Å². The first-order chi connectivity index (χ1) is 7.15. The Kier molecular flexibility index (Phi) is 6.76. The second-order valence-corrected chi connectivity index (χ2v) is 3.56. The van der Waals surface area contributed by atoms with Gasteiger partial charge >= 0.3 is 0 Å². The zero-order chi connectivity index (χ0) is 11.3. The molecule has 2 N–H and O–H groups in total. The second kappa shape index (κ2) is 7.24. The molecular weight excluding hydrogens is 230 g/mol. The molecule has 5 nitrogen and oxygen atoms in total. The first-order valence-electron chi connectivity index (χ1n) is 5.01. The van der Waals surface area contributed by atoms with Crippen molar-refractivity contribution >= 4 is 24.2 Å². The maximum Gasteiger partial charge on any atom is 0.240 e. The highest BCUT2D eigenvalue weighted by Crippen LogP contribution is 2.02. The van der Waals surface area contributed by atoms with Gasteiger partial charge in [0.05, 0.1) is 12.5 Å². The van der Waals surface area contributed by atoms with Crippen LogP contribution in [-0.2, 0) is 9.59 Å². The SMILES string of the molecule is C=CCNC(=O)CC1NCCN(C)C1=O.Cl. The molecule has 0 saturated carbocycles. The van der Waals surface area contributed by atoms with Gasteiger partial charge in [0.2, 0.25) is 11.8 Å². The molecular formula is C10H18ClN3O2. The van der Waals surface area contributed by atoms with E-state index in [0.717, 1.165) is 6.54 Å². The van der Waals surface area contributed by atoms with Gasteiger partial charge in [-0.25, -0.2) is 0 Å². The first kappa shape index (κ1) is 14.9. The third-order valence-electron chi connectivity index (χ3n) is 2.35. The molecule has 1 aliphatic rings. The van der Waals surface area contributed by atoms with Crippen LogP contribution in [0, 0.1) is 0 Å². The Hall–Kier alpha value is -1.07. The highest BCUT2D eigenvalue weighted by Gasteiger charge is 2.27. The number of amides is 2. The van der Waals surface area contributed by atoms with Crippen molar-refractivity contribution in [2.24, 2.45) is 0 Å². The fraction of sp³-hybridized carbons (Fsp3) is 0.600. The summed E-state index contributed by atoms with van der Waals surface area (Å²) in [5.74, 6) is -0.147. The standard InChI is InChI=1S/C10H17N3O2.ClH/c1-3-4-12-9(14)7-8-10(15)13(2)6-5-11-8;/h3,8,11H,1,4-7H2,2H3,(H,12,14);1H. The van der Waals surface area contributed by atoms with Gasteiger partial charge in [0.1, 0.15) is 0 Å². The van der Waals surface area contributed by atoms with Crippen molar-refractivity contribution in [1.29, 1.82) is 0 Å². The molecule has 1 heterocycles. The molecule has 92 valence electrons. The number of nitrogens with zero attached hydrogens (tertiary/aromatic N) is 1. The van der Waals surface area contributed by atoms with Crippen molar-refractivity contribution in [3.63, 3.8) is 0 Å². The summed E-state index contributed by atoms with van der Waals surface area (Å²) >= 11 is 0. The van der Waals surface area contributed by atoms with Gasteiger partial charge in [0.15, 0.2) is 0 Å². The monoisotopic (exact) mass is 247 g/mol. The van der Waals surface area contributed by atoms with E-state index in [0.29, 0.717) is 13.1 Å². The number of piperazine rings is 1. The largest absolute Gasteiger partial charge is 0.353 e. The highest BCUT2D eigenvalue weighted by atomic mass is 35.5. The quantitative estimate of drug-likeness (QED) is 0.661. The van der Waals surface area contributed by atoms with E-state index >= 15 is 0 Å². The summed E-state index contributed by atoms with van der Waals surface area (Å²) in [6.45, 7) is 5.38. The van der Waals surface area contributed by atoms with E-state index in [1.807, 2.05) is 0 Å². The van der Waals surface area contributed by atoms with Crippen LogP contribution in [0.15, 0.2) is 12.7 Å². The van der Waals surface area contributed by atoms with Crippen LogP contribution in [0.3, 0.4) is 0 Å². The van der Waals surface area contributed by atoms with Crippen LogP contribution in [-0.4, -0.2) is 49.4 Å². The van der Waals surface area contributed by atoms with Gasteiger partial charge in [-0.2, -0.15) is 0 Å². The molecule has 0 aromatic heterocycles. The summed E-state index contributed by atoms with van der Waals surface area (Å²) in [7, 11) is 1.75. The minimum atomic E-state index is -0.381. The van der Waals surface area contributed by atoms with Gasteiger partial charge in [-0.05, 0) is 0 Å². The van der Waals surface area contributed by atoms with E-state index in [9.17, 15) is 9.59 Å². The Morgan fingerprint density at radius 2 is 2.44 bits per heavy atom. The fourth-order valence-electron chi connectivity index (χ4n) is 1.47. The van der Waals surface area contributed by atoms with Crippen LogP contribution >= 0.6 is 12.4 Å². The number of hydrogen-bond acceptors (Lipinski definition) is 3. The molecule has 2 amide bonds. The Morgan fingerprint density at radius 1 is 1.75 bits per heavy atom. The van der Waals surface area contributed by atoms with E-state index in [-0.39, 0.29) is 36.7 Å². The van der Waals surface area contributed by atoms with Gasteiger partial charge in [-0.1, -0.05) is 6.08 Å². The van der Waals surface area contributed by atoms with Gasteiger partial charge in [-0.3, -0.25) is 9.59 Å². The van der Waals surface area contributed by atoms with Gasteiger partial charge in [0, 0.05) is 26.7 Å². The Labute approximate surface area is 102 Å². The zero-order valence-corrected chi connectivity index (χ0v) is 10.2. The van der Waals surface area contributed by atoms with Crippen LogP contribution in [0.1, 0.15) is 6.42 Å². The van der Waals surface area contributed by atoms with Crippen LogP contribution in [0.2, 0.25) is 0 Å². The number of hydrogen-bond donors (Lipinski definition) is 2. The van der Waals surface area contributed by atoms with Gasteiger partial charge < -0.3 is 15.5 Å². The molecule has 1 fully saturated rings. The Balaban J connectivity index is 0.00000225. The average Bonchev–Trinajstić information content (AvgIpc) is 2.22. The van der Waals surface area contributed by atoms with Gasteiger partial charge in [0.25, 0.3) is 0 Å². The average molecular weight is 248 g/mol. The number of carbonyl (C=O) groups excluding carboxylic acids is 2. The molecule has 6 heteroatoms. The van der Waals surface area contributed by atoms with Gasteiger partial charge in [-0.15, -0.1) is 19.0 Å². The molecule has 0 aliphatic carbocycles. The number of rotatable bonds is 4. The summed E-state index contributed by atoms with van der Waals surface area (Å²) in [4.78, 5) is 24.6. The normalized spacial score (nSPS) is 19.9. The molecule has 1 aliphatic heterocycles. The smallest absolute Gasteiger partial charge is 0.240 e. The summed E-state index contributed by atoms with van der Waals surface area (Å²) in [6, 6.07) is -0.381. The zero-order valence-electron chi connectivity index (χ0n) is 9.36. The minimum absolute atomic E-state index is 0. The third kappa shape index (κ3) is 4.20. The molecule has 0 radical (unpaired) electrons. The van der Waals surface area contributed by atoms with E-state index in [1.165, 1.54) is 0 Å². The molecule has 0 spiro atoms. The number of carbonyl (C=O) groups is 2. The summed E-state index contributed by atoms with van der Waals surface area (Å²) in [5.41, 5.74) is 0. The van der Waals surface area contributed by atoms with Crippen molar-refractivity contribution in [2.75, 3.05) is 26.7 Å². The van der Waals surface area contributed by atoms with E-state index in [2.05, 4.69) is 17.2 Å². The van der Waals surface area contributed by atoms with E-state index in [4.69, 9.17) is 0 Å². The summed E-state index contributed by atoms with van der Waals surface area (Å²) < 4.78 is 0. The minimum Gasteiger partial charge on any atom is -0.353 e. The van der Waals surface area contributed by atoms with Crippen molar-refractivity contribution in [1.82, 2.24) is 15.5 Å². The maximum absolute atomic E-state index is 11.6. The lowest BCUT2D eigenvalue weighted by molar-refractivity contribution is -0.136. The van der Waals surface area contributed by atoms with Crippen molar-refractivity contribution < 1.29 is 9.59 Å².